The maximum Gasteiger partial charge on any atom is 0.341 e. The van der Waals surface area contributed by atoms with E-state index in [1.54, 1.807) is 25.1 Å². The molecule has 0 bridgehead atoms. The van der Waals surface area contributed by atoms with Crippen LogP contribution in [0.1, 0.15) is 22.8 Å². The Bertz CT molecular complexity index is 421. The fourth-order valence-electron chi connectivity index (χ4n) is 1.42. The molecule has 4 heteroatoms. The van der Waals surface area contributed by atoms with Crippen molar-refractivity contribution in [2.45, 2.75) is 13.3 Å². The average Bonchev–Trinajstić information content (AvgIpc) is 2.29. The highest BCUT2D eigenvalue weighted by Crippen LogP contribution is 2.24. The van der Waals surface area contributed by atoms with E-state index in [4.69, 9.17) is 14.7 Å². The van der Waals surface area contributed by atoms with Gasteiger partial charge in [-0.05, 0) is 13.0 Å². The van der Waals surface area contributed by atoms with Crippen LogP contribution < -0.4 is 4.74 Å². The molecule has 4 nitrogen and oxygen atoms in total. The van der Waals surface area contributed by atoms with Gasteiger partial charge in [0.1, 0.15) is 11.3 Å². The van der Waals surface area contributed by atoms with Crippen LogP contribution in [0, 0.1) is 11.3 Å². The lowest BCUT2D eigenvalue weighted by atomic mass is 10.1. The van der Waals surface area contributed by atoms with E-state index >= 15 is 0 Å². The smallest absolute Gasteiger partial charge is 0.341 e. The molecule has 0 heterocycles. The molecule has 1 aromatic rings. The first-order chi connectivity index (χ1) is 7.74. The van der Waals surface area contributed by atoms with Crippen LogP contribution in [0.4, 0.5) is 0 Å². The molecule has 0 saturated heterocycles. The third-order valence-corrected chi connectivity index (χ3v) is 2.07. The molecule has 0 aliphatic carbocycles. The van der Waals surface area contributed by atoms with E-state index in [1.807, 2.05) is 6.07 Å². The van der Waals surface area contributed by atoms with Crippen molar-refractivity contribution in [3.05, 3.63) is 29.3 Å². The molecule has 0 N–H and O–H groups in total. The molecule has 0 unspecified atom stereocenters. The van der Waals surface area contributed by atoms with Crippen LogP contribution >= 0.6 is 0 Å². The first kappa shape index (κ1) is 12.1. The first-order valence-corrected chi connectivity index (χ1v) is 4.94. The molecule has 0 aliphatic heterocycles. The van der Waals surface area contributed by atoms with Crippen LogP contribution in [0.15, 0.2) is 18.2 Å². The van der Waals surface area contributed by atoms with Gasteiger partial charge in [0.05, 0.1) is 26.2 Å². The third-order valence-electron chi connectivity index (χ3n) is 2.07. The van der Waals surface area contributed by atoms with Crippen molar-refractivity contribution in [3.8, 4) is 11.8 Å². The zero-order chi connectivity index (χ0) is 12.0. The second kappa shape index (κ2) is 5.76. The Kier molecular flexibility index (Phi) is 4.34. The van der Waals surface area contributed by atoms with Crippen LogP contribution in [0.25, 0.3) is 0 Å². The van der Waals surface area contributed by atoms with E-state index in [9.17, 15) is 4.79 Å². The molecule has 1 aromatic carbocycles. The molecule has 0 fully saturated rings. The lowest BCUT2D eigenvalue weighted by Gasteiger charge is -2.10. The number of methoxy groups -OCH3 is 1. The largest absolute Gasteiger partial charge is 0.496 e. The monoisotopic (exact) mass is 219 g/mol. The Morgan fingerprint density at radius 3 is 2.81 bits per heavy atom. The molecule has 0 radical (unpaired) electrons. The molecular weight excluding hydrogens is 206 g/mol. The van der Waals surface area contributed by atoms with Crippen molar-refractivity contribution >= 4 is 5.97 Å². The highest BCUT2D eigenvalue weighted by Gasteiger charge is 2.16. The number of rotatable bonds is 4. The normalized spacial score (nSPS) is 9.31. The lowest BCUT2D eigenvalue weighted by molar-refractivity contribution is 0.0522. The molecule has 0 amide bonds. The summed E-state index contributed by atoms with van der Waals surface area (Å²) in [4.78, 5) is 11.6. The zero-order valence-corrected chi connectivity index (χ0v) is 9.32. The summed E-state index contributed by atoms with van der Waals surface area (Å²) >= 11 is 0. The van der Waals surface area contributed by atoms with Gasteiger partial charge < -0.3 is 9.47 Å². The lowest BCUT2D eigenvalue weighted by Crippen LogP contribution is -2.08. The highest BCUT2D eigenvalue weighted by atomic mass is 16.5. The maximum absolute atomic E-state index is 11.6. The molecule has 0 aromatic heterocycles. The summed E-state index contributed by atoms with van der Waals surface area (Å²) in [5, 5.41) is 8.65. The van der Waals surface area contributed by atoms with Crippen molar-refractivity contribution in [2.75, 3.05) is 13.7 Å². The van der Waals surface area contributed by atoms with E-state index in [2.05, 4.69) is 0 Å². The summed E-state index contributed by atoms with van der Waals surface area (Å²) in [5.74, 6) is -0.0124. The molecule has 0 atom stereocenters. The van der Waals surface area contributed by atoms with Gasteiger partial charge in [-0.1, -0.05) is 12.1 Å². The van der Waals surface area contributed by atoms with Gasteiger partial charge in [-0.2, -0.15) is 5.26 Å². The van der Waals surface area contributed by atoms with Gasteiger partial charge in [-0.25, -0.2) is 4.79 Å². The number of nitriles is 1. The van der Waals surface area contributed by atoms with Gasteiger partial charge in [0, 0.05) is 5.56 Å². The van der Waals surface area contributed by atoms with E-state index in [0.29, 0.717) is 23.5 Å². The molecule has 0 spiro atoms. The van der Waals surface area contributed by atoms with Crippen molar-refractivity contribution < 1.29 is 14.3 Å². The summed E-state index contributed by atoms with van der Waals surface area (Å²) in [7, 11) is 1.47. The van der Waals surface area contributed by atoms with Crippen LogP contribution in [0.3, 0.4) is 0 Å². The third kappa shape index (κ3) is 2.51. The minimum absolute atomic E-state index is 0.205. The summed E-state index contributed by atoms with van der Waals surface area (Å²) in [5.41, 5.74) is 1.05. The Hall–Kier alpha value is -2.02. The Morgan fingerprint density at radius 2 is 2.25 bits per heavy atom. The first-order valence-electron chi connectivity index (χ1n) is 4.94. The van der Waals surface area contributed by atoms with E-state index in [1.165, 1.54) is 7.11 Å². The van der Waals surface area contributed by atoms with Crippen molar-refractivity contribution in [2.24, 2.45) is 0 Å². The SMILES string of the molecule is CCOC(=O)c1cccc(CC#N)c1OC. The zero-order valence-electron chi connectivity index (χ0n) is 9.32. The van der Waals surface area contributed by atoms with Gasteiger partial charge in [0.2, 0.25) is 0 Å². The van der Waals surface area contributed by atoms with Gasteiger partial charge in [0.25, 0.3) is 0 Å². The number of hydrogen-bond acceptors (Lipinski definition) is 4. The number of ether oxygens (including phenoxy) is 2. The summed E-state index contributed by atoms with van der Waals surface area (Å²) in [6.07, 6.45) is 0.205. The molecule has 84 valence electrons. The van der Waals surface area contributed by atoms with Crippen LogP contribution in [0.2, 0.25) is 0 Å². The number of nitrogens with zero attached hydrogens (tertiary/aromatic N) is 1. The summed E-state index contributed by atoms with van der Waals surface area (Å²) in [6, 6.07) is 7.11. The molecular formula is C12H13NO3. The number of esters is 1. The quantitative estimate of drug-likeness (QED) is 0.726. The summed E-state index contributed by atoms with van der Waals surface area (Å²) in [6.45, 7) is 2.05. The standard InChI is InChI=1S/C12H13NO3/c1-3-16-12(14)10-6-4-5-9(7-8-13)11(10)15-2/h4-6H,3,7H2,1-2H3. The number of hydrogen-bond donors (Lipinski definition) is 0. The molecule has 0 aliphatic rings. The van der Waals surface area contributed by atoms with Crippen molar-refractivity contribution in [1.82, 2.24) is 0 Å². The number of para-hydroxylation sites is 1. The number of carbonyl (C=O) groups is 1. The van der Waals surface area contributed by atoms with Gasteiger partial charge in [0.15, 0.2) is 0 Å². The minimum atomic E-state index is -0.431. The fourth-order valence-corrected chi connectivity index (χ4v) is 1.42. The highest BCUT2D eigenvalue weighted by molar-refractivity contribution is 5.93. The van der Waals surface area contributed by atoms with E-state index < -0.39 is 5.97 Å². The van der Waals surface area contributed by atoms with Gasteiger partial charge in [-0.15, -0.1) is 0 Å². The van der Waals surface area contributed by atoms with E-state index in [-0.39, 0.29) is 6.42 Å². The molecule has 0 saturated carbocycles. The predicted octanol–water partition coefficient (Wildman–Crippen LogP) is 1.94. The van der Waals surface area contributed by atoms with Gasteiger partial charge >= 0.3 is 5.97 Å². The number of benzene rings is 1. The number of carbonyl (C=O) groups excluding carboxylic acids is 1. The van der Waals surface area contributed by atoms with Gasteiger partial charge in [-0.3, -0.25) is 0 Å². The second-order valence-electron chi connectivity index (χ2n) is 3.05. The fraction of sp³-hybridized carbons (Fsp3) is 0.333. The average molecular weight is 219 g/mol. The summed E-state index contributed by atoms with van der Waals surface area (Å²) < 4.78 is 10.0. The van der Waals surface area contributed by atoms with Crippen LogP contribution in [-0.2, 0) is 11.2 Å². The predicted molar refractivity (Wildman–Crippen MR) is 58.3 cm³/mol. The van der Waals surface area contributed by atoms with E-state index in [0.717, 1.165) is 0 Å². The van der Waals surface area contributed by atoms with Crippen LogP contribution in [-0.4, -0.2) is 19.7 Å². The topological polar surface area (TPSA) is 59.3 Å². The Morgan fingerprint density at radius 1 is 1.50 bits per heavy atom. The second-order valence-corrected chi connectivity index (χ2v) is 3.05. The van der Waals surface area contributed by atoms with Crippen LogP contribution in [0.5, 0.6) is 5.75 Å². The Balaban J connectivity index is 3.14. The van der Waals surface area contributed by atoms with Crippen molar-refractivity contribution in [1.29, 1.82) is 5.26 Å². The minimum Gasteiger partial charge on any atom is -0.496 e. The maximum atomic E-state index is 11.6. The Labute approximate surface area is 94.4 Å². The molecule has 1 rings (SSSR count). The molecule has 16 heavy (non-hydrogen) atoms. The van der Waals surface area contributed by atoms with Crippen molar-refractivity contribution in [3.63, 3.8) is 0 Å².